The molecule has 7 heteroatoms. The van der Waals surface area contributed by atoms with E-state index in [1.165, 1.54) is 0 Å². The summed E-state index contributed by atoms with van der Waals surface area (Å²) in [5.74, 6) is -2.10. The fourth-order valence-corrected chi connectivity index (χ4v) is 4.14. The number of aliphatic hydroxyl groups excluding tert-OH is 2. The predicted molar refractivity (Wildman–Crippen MR) is 151 cm³/mol. The molecular weight excluding hydrogens is 499 g/mol. The van der Waals surface area contributed by atoms with Gasteiger partial charge in [0.2, 0.25) is 0 Å². The van der Waals surface area contributed by atoms with Crippen molar-refractivity contribution in [3.05, 3.63) is 83.7 Å². The van der Waals surface area contributed by atoms with Crippen molar-refractivity contribution in [3.63, 3.8) is 0 Å². The molecule has 0 amide bonds. The SMILES string of the molecule is C=C(CC(C)O)C(=O)OCC(COC(=O)C(=C)CC(C)O)c1ccc(-c2ccc(CCCCC)cc2F)cc1. The second kappa shape index (κ2) is 16.0. The van der Waals surface area contributed by atoms with Gasteiger partial charge in [0.25, 0.3) is 0 Å². The molecule has 2 unspecified atom stereocenters. The van der Waals surface area contributed by atoms with Gasteiger partial charge in [0.1, 0.15) is 19.0 Å². The number of unbranched alkanes of at least 4 members (excludes halogenated alkanes) is 2. The standard InChI is InChI=1S/C32H41FO6/c1-6-7-8-9-25-10-15-29(30(33)18-25)27-13-11-26(12-14-27)28(19-38-31(36)21(2)16-23(4)34)20-39-32(37)22(3)17-24(5)35/h10-15,18,23-24,28,34-35H,2-3,6-9,16-17,19-20H2,1,4-5H3. The zero-order valence-corrected chi connectivity index (χ0v) is 23.2. The second-order valence-electron chi connectivity index (χ2n) is 10.1. The normalized spacial score (nSPS) is 13.3. The molecule has 2 aromatic rings. The van der Waals surface area contributed by atoms with Crippen molar-refractivity contribution < 1.29 is 33.7 Å². The number of aliphatic hydroxyl groups is 2. The lowest BCUT2D eigenvalue weighted by Gasteiger charge is -2.19. The van der Waals surface area contributed by atoms with Crippen molar-refractivity contribution >= 4 is 11.9 Å². The Morgan fingerprint density at radius 2 is 1.41 bits per heavy atom. The van der Waals surface area contributed by atoms with Gasteiger partial charge >= 0.3 is 11.9 Å². The Labute approximate surface area is 231 Å². The van der Waals surface area contributed by atoms with Crippen LogP contribution in [-0.4, -0.2) is 47.6 Å². The highest BCUT2D eigenvalue weighted by Crippen LogP contribution is 2.27. The van der Waals surface area contributed by atoms with E-state index >= 15 is 0 Å². The van der Waals surface area contributed by atoms with E-state index in [0.29, 0.717) is 11.1 Å². The molecule has 212 valence electrons. The minimum absolute atomic E-state index is 0.0787. The van der Waals surface area contributed by atoms with Crippen LogP contribution in [0.25, 0.3) is 11.1 Å². The average Bonchev–Trinajstić information content (AvgIpc) is 2.88. The van der Waals surface area contributed by atoms with E-state index in [1.807, 2.05) is 6.07 Å². The third kappa shape index (κ3) is 10.8. The third-order valence-electron chi connectivity index (χ3n) is 6.29. The quantitative estimate of drug-likeness (QED) is 0.153. The number of hydrogen-bond donors (Lipinski definition) is 2. The van der Waals surface area contributed by atoms with Crippen molar-refractivity contribution in [1.29, 1.82) is 0 Å². The maximum atomic E-state index is 14.9. The molecule has 2 atom stereocenters. The first-order valence-corrected chi connectivity index (χ1v) is 13.5. The maximum absolute atomic E-state index is 14.9. The number of halogens is 1. The number of hydrogen-bond acceptors (Lipinski definition) is 6. The van der Waals surface area contributed by atoms with Gasteiger partial charge in [0, 0.05) is 29.6 Å². The van der Waals surface area contributed by atoms with E-state index in [4.69, 9.17) is 9.47 Å². The van der Waals surface area contributed by atoms with Crippen LogP contribution in [0, 0.1) is 5.82 Å². The first-order valence-electron chi connectivity index (χ1n) is 13.5. The molecule has 0 bridgehead atoms. The Hall–Kier alpha value is -3.29. The highest BCUT2D eigenvalue weighted by Gasteiger charge is 2.21. The molecule has 0 saturated heterocycles. The minimum atomic E-state index is -0.736. The van der Waals surface area contributed by atoms with Gasteiger partial charge in [-0.1, -0.05) is 69.3 Å². The molecule has 2 rings (SSSR count). The number of rotatable bonds is 16. The zero-order chi connectivity index (χ0) is 28.9. The Kier molecular flexibility index (Phi) is 13.1. The molecule has 2 N–H and O–H groups in total. The summed E-state index contributed by atoms with van der Waals surface area (Å²) in [6, 6.07) is 12.4. The van der Waals surface area contributed by atoms with Gasteiger partial charge in [-0.15, -0.1) is 0 Å². The van der Waals surface area contributed by atoms with E-state index in [2.05, 4.69) is 20.1 Å². The molecule has 0 aliphatic rings. The number of aryl methyl sites for hydroxylation is 1. The van der Waals surface area contributed by atoms with Crippen LogP contribution >= 0.6 is 0 Å². The summed E-state index contributed by atoms with van der Waals surface area (Å²) in [6.45, 7) is 12.3. The highest BCUT2D eigenvalue weighted by molar-refractivity contribution is 5.88. The first-order chi connectivity index (χ1) is 18.5. The van der Waals surface area contributed by atoms with Gasteiger partial charge in [0.15, 0.2) is 0 Å². The summed E-state index contributed by atoms with van der Waals surface area (Å²) in [4.78, 5) is 24.7. The van der Waals surface area contributed by atoms with Gasteiger partial charge in [-0.05, 0) is 49.4 Å². The fraction of sp³-hybridized carbons (Fsp3) is 0.438. The van der Waals surface area contributed by atoms with Gasteiger partial charge in [-0.25, -0.2) is 14.0 Å². The Balaban J connectivity index is 2.18. The number of carbonyl (C=O) groups excluding carboxylic acids is 2. The molecule has 0 aromatic heterocycles. The van der Waals surface area contributed by atoms with Crippen LogP contribution in [0.5, 0.6) is 0 Å². The van der Waals surface area contributed by atoms with E-state index in [0.717, 1.165) is 36.8 Å². The fourth-order valence-electron chi connectivity index (χ4n) is 4.14. The molecule has 0 saturated carbocycles. The van der Waals surface area contributed by atoms with E-state index in [9.17, 15) is 24.2 Å². The molecule has 6 nitrogen and oxygen atoms in total. The van der Waals surface area contributed by atoms with Crippen molar-refractivity contribution in [2.45, 2.75) is 77.4 Å². The van der Waals surface area contributed by atoms with Crippen LogP contribution < -0.4 is 0 Å². The Morgan fingerprint density at radius 3 is 1.87 bits per heavy atom. The summed E-state index contributed by atoms with van der Waals surface area (Å²) < 4.78 is 25.7. The van der Waals surface area contributed by atoms with Crippen molar-refractivity contribution in [1.82, 2.24) is 0 Å². The molecule has 0 heterocycles. The number of ether oxygens (including phenoxy) is 2. The number of carbonyl (C=O) groups is 2. The Bertz CT molecular complexity index is 1080. The molecule has 39 heavy (non-hydrogen) atoms. The third-order valence-corrected chi connectivity index (χ3v) is 6.29. The topological polar surface area (TPSA) is 93.1 Å². The molecule has 0 fully saturated rings. The minimum Gasteiger partial charge on any atom is -0.462 e. The Morgan fingerprint density at radius 1 is 0.872 bits per heavy atom. The van der Waals surface area contributed by atoms with Gasteiger partial charge in [-0.2, -0.15) is 0 Å². The number of esters is 2. The molecule has 0 aliphatic heterocycles. The van der Waals surface area contributed by atoms with Crippen LogP contribution in [0.2, 0.25) is 0 Å². The van der Waals surface area contributed by atoms with Crippen molar-refractivity contribution in [2.24, 2.45) is 0 Å². The van der Waals surface area contributed by atoms with Crippen LogP contribution in [0.3, 0.4) is 0 Å². The van der Waals surface area contributed by atoms with Gasteiger partial charge in [0.05, 0.1) is 18.1 Å². The second-order valence-corrected chi connectivity index (χ2v) is 10.1. The monoisotopic (exact) mass is 540 g/mol. The van der Waals surface area contributed by atoms with Gasteiger partial charge in [-0.3, -0.25) is 0 Å². The van der Waals surface area contributed by atoms with Crippen LogP contribution in [0.4, 0.5) is 4.39 Å². The molecule has 0 aliphatic carbocycles. The molecular formula is C32H41FO6. The van der Waals surface area contributed by atoms with Crippen LogP contribution in [0.1, 0.15) is 69.9 Å². The lowest BCUT2D eigenvalue weighted by molar-refractivity contribution is -0.143. The molecule has 0 radical (unpaired) electrons. The first kappa shape index (κ1) is 31.9. The summed E-state index contributed by atoms with van der Waals surface area (Å²) >= 11 is 0. The largest absolute Gasteiger partial charge is 0.462 e. The summed E-state index contributed by atoms with van der Waals surface area (Å²) in [5.41, 5.74) is 3.14. The van der Waals surface area contributed by atoms with E-state index in [-0.39, 0.29) is 43.0 Å². The molecule has 0 spiro atoms. The number of benzene rings is 2. The average molecular weight is 541 g/mol. The van der Waals surface area contributed by atoms with Crippen molar-refractivity contribution in [3.8, 4) is 11.1 Å². The summed E-state index contributed by atoms with van der Waals surface area (Å²) in [7, 11) is 0. The highest BCUT2D eigenvalue weighted by atomic mass is 19.1. The lowest BCUT2D eigenvalue weighted by Crippen LogP contribution is -2.22. The van der Waals surface area contributed by atoms with Crippen LogP contribution in [0.15, 0.2) is 66.8 Å². The summed E-state index contributed by atoms with van der Waals surface area (Å²) in [5, 5.41) is 19.0. The van der Waals surface area contributed by atoms with E-state index in [1.54, 1.807) is 50.2 Å². The van der Waals surface area contributed by atoms with Crippen molar-refractivity contribution in [2.75, 3.05) is 13.2 Å². The smallest absolute Gasteiger partial charge is 0.333 e. The lowest BCUT2D eigenvalue weighted by atomic mass is 9.96. The zero-order valence-electron chi connectivity index (χ0n) is 23.2. The predicted octanol–water partition coefficient (Wildman–Crippen LogP) is 6.05. The van der Waals surface area contributed by atoms with Crippen LogP contribution in [-0.2, 0) is 25.5 Å². The van der Waals surface area contributed by atoms with Gasteiger partial charge < -0.3 is 19.7 Å². The molecule has 2 aromatic carbocycles. The summed E-state index contributed by atoms with van der Waals surface area (Å²) in [6.07, 6.45) is 2.78. The van der Waals surface area contributed by atoms with E-state index < -0.39 is 30.1 Å². The maximum Gasteiger partial charge on any atom is 0.333 e.